The second kappa shape index (κ2) is 4.63. The number of rotatable bonds is 3. The molecule has 0 aromatic heterocycles. The molecule has 0 aliphatic heterocycles. The van der Waals surface area contributed by atoms with Crippen LogP contribution in [0.2, 0.25) is 0 Å². The lowest BCUT2D eigenvalue weighted by molar-refractivity contribution is -0.106. The Kier molecular flexibility index (Phi) is 3.63. The summed E-state index contributed by atoms with van der Waals surface area (Å²) < 4.78 is 59.6. The highest BCUT2D eigenvalue weighted by molar-refractivity contribution is 7.92. The lowest BCUT2D eigenvalue weighted by Gasteiger charge is -2.09. The summed E-state index contributed by atoms with van der Waals surface area (Å²) in [5.74, 6) is -1.94. The molecule has 92 valence electrons. The van der Waals surface area contributed by atoms with Crippen LogP contribution in [0.25, 0.3) is 0 Å². The maximum Gasteiger partial charge on any atom is 0.404 e. The Morgan fingerprint density at radius 2 is 1.76 bits per heavy atom. The van der Waals surface area contributed by atoms with Gasteiger partial charge in [-0.3, -0.25) is 4.72 Å². The van der Waals surface area contributed by atoms with Crippen molar-refractivity contribution in [3.63, 3.8) is 0 Å². The summed E-state index contributed by atoms with van der Waals surface area (Å²) in [5, 5.41) is 8.48. The Hall–Kier alpha value is -1.75. The smallest absolute Gasteiger partial charge is 0.283 e. The van der Waals surface area contributed by atoms with Crippen molar-refractivity contribution in [3.05, 3.63) is 29.8 Å². The molecule has 4 nitrogen and oxygen atoms in total. The van der Waals surface area contributed by atoms with Crippen LogP contribution in [0.4, 0.5) is 18.9 Å². The normalized spacial score (nSPS) is 11.9. The van der Waals surface area contributed by atoms with E-state index in [0.29, 0.717) is 0 Å². The molecule has 0 heterocycles. The lowest BCUT2D eigenvalue weighted by atomic mass is 10.2. The molecule has 0 bridgehead atoms. The molecule has 0 unspecified atom stereocenters. The van der Waals surface area contributed by atoms with Gasteiger partial charge in [0.05, 0.1) is 11.6 Å². The number of nitrogens with one attached hydrogen (secondary N) is 1. The van der Waals surface area contributed by atoms with Crippen LogP contribution in [0.5, 0.6) is 0 Å². The van der Waals surface area contributed by atoms with Gasteiger partial charge in [0.15, 0.2) is 5.75 Å². The summed E-state index contributed by atoms with van der Waals surface area (Å²) in [6, 6.07) is 6.82. The van der Waals surface area contributed by atoms with Crippen molar-refractivity contribution in [1.29, 1.82) is 5.26 Å². The van der Waals surface area contributed by atoms with E-state index in [-0.39, 0.29) is 11.3 Å². The molecule has 0 saturated heterocycles. The molecule has 1 aromatic rings. The van der Waals surface area contributed by atoms with Crippen molar-refractivity contribution in [2.24, 2.45) is 0 Å². The zero-order chi connectivity index (χ0) is 13.1. The number of nitriles is 1. The fourth-order valence-corrected chi connectivity index (χ4v) is 2.04. The number of alkyl halides is 3. The maximum absolute atomic E-state index is 11.9. The molecule has 0 saturated carbocycles. The van der Waals surface area contributed by atoms with E-state index >= 15 is 0 Å². The average Bonchev–Trinajstić information content (AvgIpc) is 2.14. The molecule has 0 aliphatic carbocycles. The van der Waals surface area contributed by atoms with Crippen molar-refractivity contribution in [2.75, 3.05) is 10.5 Å². The second-order valence-electron chi connectivity index (χ2n) is 3.17. The SMILES string of the molecule is N#Cc1ccc(NS(=O)(=O)CC(F)(F)F)cc1. The summed E-state index contributed by atoms with van der Waals surface area (Å²) in [4.78, 5) is 0. The van der Waals surface area contributed by atoms with Crippen LogP contribution < -0.4 is 4.72 Å². The van der Waals surface area contributed by atoms with E-state index in [1.54, 1.807) is 10.8 Å². The van der Waals surface area contributed by atoms with Gasteiger partial charge in [-0.05, 0) is 24.3 Å². The van der Waals surface area contributed by atoms with Crippen molar-refractivity contribution < 1.29 is 21.6 Å². The topological polar surface area (TPSA) is 70.0 Å². The predicted octanol–water partition coefficient (Wildman–Crippen LogP) is 1.86. The molecule has 0 spiro atoms. The Labute approximate surface area is 95.7 Å². The van der Waals surface area contributed by atoms with Gasteiger partial charge in [0.25, 0.3) is 0 Å². The van der Waals surface area contributed by atoms with Crippen LogP contribution in [0.3, 0.4) is 0 Å². The van der Waals surface area contributed by atoms with Crippen LogP contribution in [0.1, 0.15) is 5.56 Å². The quantitative estimate of drug-likeness (QED) is 0.905. The predicted molar refractivity (Wildman–Crippen MR) is 54.6 cm³/mol. The number of sulfonamides is 1. The fraction of sp³-hybridized carbons (Fsp3) is 0.222. The number of hydrogen-bond acceptors (Lipinski definition) is 3. The molecule has 17 heavy (non-hydrogen) atoms. The van der Waals surface area contributed by atoms with Crippen molar-refractivity contribution in [2.45, 2.75) is 6.18 Å². The number of nitrogens with zero attached hydrogens (tertiary/aromatic N) is 1. The largest absolute Gasteiger partial charge is 0.404 e. The molecular weight excluding hydrogens is 257 g/mol. The Bertz CT molecular complexity index is 529. The number of hydrogen-bond donors (Lipinski definition) is 1. The first-order valence-electron chi connectivity index (χ1n) is 4.29. The monoisotopic (exact) mass is 264 g/mol. The fourth-order valence-electron chi connectivity index (χ4n) is 1.04. The Morgan fingerprint density at radius 3 is 2.18 bits per heavy atom. The minimum Gasteiger partial charge on any atom is -0.283 e. The van der Waals surface area contributed by atoms with Gasteiger partial charge >= 0.3 is 6.18 Å². The molecule has 0 fully saturated rings. The van der Waals surface area contributed by atoms with Gasteiger partial charge in [-0.25, -0.2) is 8.42 Å². The van der Waals surface area contributed by atoms with Gasteiger partial charge in [-0.1, -0.05) is 0 Å². The molecule has 0 amide bonds. The molecule has 0 atom stereocenters. The van der Waals surface area contributed by atoms with Gasteiger partial charge < -0.3 is 0 Å². The summed E-state index contributed by atoms with van der Waals surface area (Å²) >= 11 is 0. The molecule has 1 aromatic carbocycles. The maximum atomic E-state index is 11.9. The zero-order valence-corrected chi connectivity index (χ0v) is 9.14. The molecule has 0 radical (unpaired) electrons. The van der Waals surface area contributed by atoms with E-state index in [4.69, 9.17) is 5.26 Å². The first kappa shape index (κ1) is 13.3. The minimum absolute atomic E-state index is 0.0201. The van der Waals surface area contributed by atoms with Gasteiger partial charge in [-0.2, -0.15) is 18.4 Å². The lowest BCUT2D eigenvalue weighted by Crippen LogP contribution is -2.27. The molecular formula is C9H7F3N2O2S. The van der Waals surface area contributed by atoms with E-state index in [9.17, 15) is 21.6 Å². The summed E-state index contributed by atoms with van der Waals surface area (Å²) in [6.07, 6.45) is -4.79. The molecule has 1 N–H and O–H groups in total. The third kappa shape index (κ3) is 4.74. The van der Waals surface area contributed by atoms with Crippen LogP contribution >= 0.6 is 0 Å². The van der Waals surface area contributed by atoms with E-state index in [0.717, 1.165) is 0 Å². The number of benzene rings is 1. The standard InChI is InChI=1S/C9H7F3N2O2S/c10-9(11,12)6-17(15,16)14-8-3-1-7(5-13)2-4-8/h1-4,14H,6H2. The third-order valence-electron chi connectivity index (χ3n) is 1.64. The highest BCUT2D eigenvalue weighted by atomic mass is 32.2. The highest BCUT2D eigenvalue weighted by Gasteiger charge is 2.35. The van der Waals surface area contributed by atoms with Gasteiger partial charge in [0, 0.05) is 5.69 Å². The number of anilines is 1. The molecule has 1 rings (SSSR count). The minimum atomic E-state index is -4.79. The Balaban J connectivity index is 2.81. The number of halogens is 3. The molecule has 8 heteroatoms. The van der Waals surface area contributed by atoms with E-state index in [1.165, 1.54) is 24.3 Å². The second-order valence-corrected chi connectivity index (χ2v) is 4.89. The highest BCUT2D eigenvalue weighted by Crippen LogP contribution is 2.19. The van der Waals surface area contributed by atoms with Crippen LogP contribution in [-0.2, 0) is 10.0 Å². The summed E-state index contributed by atoms with van der Waals surface area (Å²) in [6.45, 7) is 0. The van der Waals surface area contributed by atoms with E-state index in [1.807, 2.05) is 0 Å². The van der Waals surface area contributed by atoms with Crippen molar-refractivity contribution in [1.82, 2.24) is 0 Å². The Morgan fingerprint density at radius 1 is 1.24 bits per heavy atom. The van der Waals surface area contributed by atoms with Gasteiger partial charge in [0.1, 0.15) is 0 Å². The van der Waals surface area contributed by atoms with Crippen molar-refractivity contribution >= 4 is 15.7 Å². The van der Waals surface area contributed by atoms with Crippen LogP contribution in [0.15, 0.2) is 24.3 Å². The van der Waals surface area contributed by atoms with Crippen LogP contribution in [-0.4, -0.2) is 20.3 Å². The zero-order valence-electron chi connectivity index (χ0n) is 8.32. The third-order valence-corrected chi connectivity index (χ3v) is 2.90. The summed E-state index contributed by atoms with van der Waals surface area (Å²) in [7, 11) is -4.47. The first-order chi connectivity index (χ1) is 7.72. The van der Waals surface area contributed by atoms with E-state index in [2.05, 4.69) is 0 Å². The van der Waals surface area contributed by atoms with Crippen LogP contribution in [0, 0.1) is 11.3 Å². The van der Waals surface area contributed by atoms with E-state index < -0.39 is 22.0 Å². The average molecular weight is 264 g/mol. The summed E-state index contributed by atoms with van der Waals surface area (Å²) in [5.41, 5.74) is 0.261. The van der Waals surface area contributed by atoms with Gasteiger partial charge in [0.2, 0.25) is 10.0 Å². The van der Waals surface area contributed by atoms with Crippen molar-refractivity contribution in [3.8, 4) is 6.07 Å². The van der Waals surface area contributed by atoms with Gasteiger partial charge in [-0.15, -0.1) is 0 Å². The first-order valence-corrected chi connectivity index (χ1v) is 5.94. The molecule has 0 aliphatic rings.